The Morgan fingerprint density at radius 1 is 1.30 bits per heavy atom. The van der Waals surface area contributed by atoms with Crippen LogP contribution >= 0.6 is 0 Å². The minimum Gasteiger partial charge on any atom is -0.370 e. The van der Waals surface area contributed by atoms with Gasteiger partial charge in [-0.2, -0.15) is 13.2 Å². The lowest BCUT2D eigenvalue weighted by atomic mass is 9.99. The van der Waals surface area contributed by atoms with Crippen molar-refractivity contribution < 1.29 is 32.3 Å². The number of barbiturate groups is 1. The number of hydrogen-bond acceptors (Lipinski definition) is 4. The lowest BCUT2D eigenvalue weighted by Crippen LogP contribution is -2.58. The number of ether oxygens (including phenoxy) is 1. The molecule has 1 rings (SSSR count). The Morgan fingerprint density at radius 2 is 1.95 bits per heavy atom. The number of urea groups is 1. The maximum absolute atomic E-state index is 11.9. The minimum absolute atomic E-state index is 0.276. The van der Waals surface area contributed by atoms with Crippen LogP contribution in [0.3, 0.4) is 0 Å². The Hall–Kier alpha value is -1.64. The lowest BCUT2D eigenvalue weighted by molar-refractivity contribution is -0.174. The first-order valence-electron chi connectivity index (χ1n) is 6.07. The summed E-state index contributed by atoms with van der Waals surface area (Å²) in [6.45, 7) is -0.443. The molecule has 0 aromatic carbocycles. The molecule has 1 aliphatic heterocycles. The van der Waals surface area contributed by atoms with Crippen molar-refractivity contribution in [1.82, 2.24) is 10.2 Å². The molecule has 0 aromatic heterocycles. The number of alkyl halides is 3. The Balaban J connectivity index is 2.53. The van der Waals surface area contributed by atoms with E-state index in [1.807, 2.05) is 5.32 Å². The zero-order valence-electron chi connectivity index (χ0n) is 10.8. The van der Waals surface area contributed by atoms with Gasteiger partial charge in [-0.25, -0.2) is 4.79 Å². The van der Waals surface area contributed by atoms with E-state index < -0.39 is 43.2 Å². The van der Waals surface area contributed by atoms with Gasteiger partial charge in [0, 0.05) is 0 Å². The van der Waals surface area contributed by atoms with Crippen molar-refractivity contribution in [3.63, 3.8) is 0 Å². The summed E-state index contributed by atoms with van der Waals surface area (Å²) in [6, 6.07) is -0.928. The van der Waals surface area contributed by atoms with E-state index in [1.165, 1.54) is 0 Å². The van der Waals surface area contributed by atoms with Gasteiger partial charge < -0.3 is 4.74 Å². The predicted octanol–water partition coefficient (Wildman–Crippen LogP) is 1.06. The molecule has 20 heavy (non-hydrogen) atoms. The highest BCUT2D eigenvalue weighted by molar-refractivity contribution is 6.16. The van der Waals surface area contributed by atoms with Crippen molar-refractivity contribution in [2.75, 3.05) is 19.8 Å². The second kappa shape index (κ2) is 6.69. The number of nitrogens with one attached hydrogen (secondary N) is 1. The average molecular weight is 296 g/mol. The van der Waals surface area contributed by atoms with E-state index in [0.29, 0.717) is 11.3 Å². The number of nitrogens with zero attached hydrogens (tertiary/aromatic N) is 1. The summed E-state index contributed by atoms with van der Waals surface area (Å²) in [5.41, 5.74) is 0. The molecule has 6 nitrogen and oxygen atoms in total. The number of imide groups is 2. The molecule has 1 unspecified atom stereocenters. The van der Waals surface area contributed by atoms with Crippen LogP contribution in [0.1, 0.15) is 19.8 Å². The van der Waals surface area contributed by atoms with Gasteiger partial charge in [0.15, 0.2) is 0 Å². The number of carbonyl (C=O) groups excluding carboxylic acids is 3. The first-order chi connectivity index (χ1) is 9.26. The number of hydrogen-bond donors (Lipinski definition) is 1. The van der Waals surface area contributed by atoms with Crippen LogP contribution in [0.25, 0.3) is 0 Å². The highest BCUT2D eigenvalue weighted by atomic mass is 19.4. The molecule has 1 heterocycles. The largest absolute Gasteiger partial charge is 0.411 e. The van der Waals surface area contributed by atoms with Gasteiger partial charge in [-0.3, -0.25) is 19.8 Å². The van der Waals surface area contributed by atoms with Gasteiger partial charge in [0.25, 0.3) is 0 Å². The molecule has 114 valence electrons. The number of halogens is 3. The second-order valence-corrected chi connectivity index (χ2v) is 4.29. The van der Waals surface area contributed by atoms with E-state index in [0.717, 1.165) is 0 Å². The molecule has 0 saturated carbocycles. The normalized spacial score (nSPS) is 20.3. The number of carbonyl (C=O) groups is 3. The third kappa shape index (κ3) is 4.48. The van der Waals surface area contributed by atoms with Gasteiger partial charge in [0.05, 0.1) is 13.2 Å². The fraction of sp³-hybridized carbons (Fsp3) is 0.727. The number of rotatable bonds is 6. The lowest BCUT2D eigenvalue weighted by Gasteiger charge is -2.29. The SMILES string of the molecule is CCCC1C(=O)NC(=O)N(CCOCC(F)(F)F)C1=O. The van der Waals surface area contributed by atoms with Gasteiger partial charge in [0.2, 0.25) is 11.8 Å². The van der Waals surface area contributed by atoms with Crippen molar-refractivity contribution in [3.05, 3.63) is 0 Å². The van der Waals surface area contributed by atoms with Gasteiger partial charge >= 0.3 is 12.2 Å². The van der Waals surface area contributed by atoms with Crippen molar-refractivity contribution in [3.8, 4) is 0 Å². The molecule has 1 N–H and O–H groups in total. The predicted molar refractivity (Wildman–Crippen MR) is 60.5 cm³/mol. The van der Waals surface area contributed by atoms with Crippen molar-refractivity contribution in [2.24, 2.45) is 5.92 Å². The maximum atomic E-state index is 11.9. The van der Waals surface area contributed by atoms with E-state index in [1.54, 1.807) is 6.92 Å². The second-order valence-electron chi connectivity index (χ2n) is 4.29. The van der Waals surface area contributed by atoms with Crippen LogP contribution in [0.4, 0.5) is 18.0 Å². The van der Waals surface area contributed by atoms with Crippen LogP contribution in [-0.4, -0.2) is 48.7 Å². The first kappa shape index (κ1) is 16.4. The van der Waals surface area contributed by atoms with E-state index in [4.69, 9.17) is 0 Å². The molecular weight excluding hydrogens is 281 g/mol. The zero-order valence-corrected chi connectivity index (χ0v) is 10.8. The van der Waals surface area contributed by atoms with Gasteiger partial charge in [-0.1, -0.05) is 13.3 Å². The molecule has 1 fully saturated rings. The summed E-state index contributed by atoms with van der Waals surface area (Å²) in [5.74, 6) is -2.34. The van der Waals surface area contributed by atoms with Crippen molar-refractivity contribution in [1.29, 1.82) is 0 Å². The van der Waals surface area contributed by atoms with Crippen LogP contribution in [0.5, 0.6) is 0 Å². The molecule has 1 saturated heterocycles. The third-order valence-electron chi connectivity index (χ3n) is 2.66. The molecule has 0 bridgehead atoms. The molecule has 0 aromatic rings. The van der Waals surface area contributed by atoms with E-state index in [2.05, 4.69) is 4.74 Å². The summed E-state index contributed by atoms with van der Waals surface area (Å²) in [5, 5.41) is 2.00. The van der Waals surface area contributed by atoms with Crippen LogP contribution < -0.4 is 5.32 Å². The quantitative estimate of drug-likeness (QED) is 0.587. The molecule has 9 heteroatoms. The molecule has 1 aliphatic rings. The fourth-order valence-corrected chi connectivity index (χ4v) is 1.76. The summed E-state index contributed by atoms with van der Waals surface area (Å²) in [4.78, 5) is 35.5. The summed E-state index contributed by atoms with van der Waals surface area (Å²) >= 11 is 0. The summed E-state index contributed by atoms with van der Waals surface area (Å²) in [6.07, 6.45) is -3.62. The first-order valence-corrected chi connectivity index (χ1v) is 6.07. The Morgan fingerprint density at radius 3 is 2.50 bits per heavy atom. The standard InChI is InChI=1S/C11H15F3N2O4/c1-2-3-7-8(17)15-10(19)16(9(7)18)4-5-20-6-11(12,13)14/h7H,2-6H2,1H3,(H,15,17,19). The van der Waals surface area contributed by atoms with E-state index in [-0.39, 0.29) is 13.0 Å². The van der Waals surface area contributed by atoms with Crippen molar-refractivity contribution >= 4 is 17.8 Å². The fourth-order valence-electron chi connectivity index (χ4n) is 1.76. The maximum Gasteiger partial charge on any atom is 0.411 e. The summed E-state index contributed by atoms with van der Waals surface area (Å²) < 4.78 is 39.9. The Labute approximate surface area is 113 Å². The highest BCUT2D eigenvalue weighted by Crippen LogP contribution is 2.17. The molecule has 1 atom stereocenters. The van der Waals surface area contributed by atoms with E-state index in [9.17, 15) is 27.6 Å². The molecular formula is C11H15F3N2O4. The highest BCUT2D eigenvalue weighted by Gasteiger charge is 2.39. The monoisotopic (exact) mass is 296 g/mol. The molecule has 0 spiro atoms. The Bertz CT molecular complexity index is 398. The van der Waals surface area contributed by atoms with Crippen LogP contribution in [-0.2, 0) is 14.3 Å². The minimum atomic E-state index is -4.46. The summed E-state index contributed by atoms with van der Waals surface area (Å²) in [7, 11) is 0. The zero-order chi connectivity index (χ0) is 15.3. The van der Waals surface area contributed by atoms with E-state index >= 15 is 0 Å². The molecule has 4 amide bonds. The molecule has 0 aliphatic carbocycles. The van der Waals surface area contributed by atoms with Gasteiger partial charge in [0.1, 0.15) is 12.5 Å². The van der Waals surface area contributed by atoms with Crippen LogP contribution in [0.15, 0.2) is 0 Å². The molecule has 0 radical (unpaired) electrons. The van der Waals surface area contributed by atoms with Gasteiger partial charge in [-0.15, -0.1) is 0 Å². The topological polar surface area (TPSA) is 75.7 Å². The Kier molecular flexibility index (Phi) is 5.49. The van der Waals surface area contributed by atoms with Gasteiger partial charge in [-0.05, 0) is 6.42 Å². The number of amides is 4. The van der Waals surface area contributed by atoms with Crippen LogP contribution in [0, 0.1) is 5.92 Å². The van der Waals surface area contributed by atoms with Crippen molar-refractivity contribution in [2.45, 2.75) is 25.9 Å². The average Bonchev–Trinajstić information content (AvgIpc) is 2.32. The third-order valence-corrected chi connectivity index (χ3v) is 2.66. The van der Waals surface area contributed by atoms with Crippen LogP contribution in [0.2, 0.25) is 0 Å². The smallest absolute Gasteiger partial charge is 0.370 e.